The largest absolute Gasteiger partial charge is 0.351 e. The van der Waals surface area contributed by atoms with Crippen molar-refractivity contribution in [1.29, 1.82) is 0 Å². The molecule has 0 aromatic carbocycles. The summed E-state index contributed by atoms with van der Waals surface area (Å²) < 4.78 is 0. The van der Waals surface area contributed by atoms with Crippen molar-refractivity contribution in [1.82, 2.24) is 15.2 Å². The van der Waals surface area contributed by atoms with Crippen molar-refractivity contribution >= 4 is 29.1 Å². The van der Waals surface area contributed by atoms with Gasteiger partial charge in [0.2, 0.25) is 0 Å². The quantitative estimate of drug-likeness (QED) is 0.851. The Labute approximate surface area is 124 Å². The highest BCUT2D eigenvalue weighted by atomic mass is 35.5. The van der Waals surface area contributed by atoms with Crippen LogP contribution in [0.3, 0.4) is 0 Å². The van der Waals surface area contributed by atoms with Crippen molar-refractivity contribution in [2.45, 2.75) is 13.8 Å². The zero-order chi connectivity index (χ0) is 14.6. The lowest BCUT2D eigenvalue weighted by atomic mass is 9.93. The van der Waals surface area contributed by atoms with E-state index in [4.69, 9.17) is 23.2 Å². The first kappa shape index (κ1) is 16.2. The minimum atomic E-state index is -0.196. The number of nitrogens with one attached hydrogen (secondary N) is 1. The molecule has 0 radical (unpaired) electrons. The van der Waals surface area contributed by atoms with Crippen molar-refractivity contribution in [2.75, 3.05) is 27.2 Å². The second kappa shape index (κ2) is 6.55. The van der Waals surface area contributed by atoms with Crippen LogP contribution in [-0.2, 0) is 0 Å². The summed E-state index contributed by atoms with van der Waals surface area (Å²) in [5, 5.41) is 3.31. The number of hydrogen-bond donors (Lipinski definition) is 1. The Morgan fingerprint density at radius 2 is 1.84 bits per heavy atom. The van der Waals surface area contributed by atoms with Gasteiger partial charge in [0.25, 0.3) is 5.91 Å². The van der Waals surface area contributed by atoms with Gasteiger partial charge in [0, 0.05) is 18.7 Å². The second-order valence-corrected chi connectivity index (χ2v) is 6.36. The van der Waals surface area contributed by atoms with Crippen LogP contribution in [0.5, 0.6) is 0 Å². The summed E-state index contributed by atoms with van der Waals surface area (Å²) in [6.45, 7) is 5.65. The van der Waals surface area contributed by atoms with E-state index >= 15 is 0 Å². The minimum absolute atomic E-state index is 0.0141. The molecule has 1 aromatic rings. The molecule has 0 fully saturated rings. The maximum absolute atomic E-state index is 12.0. The highest BCUT2D eigenvalue weighted by Gasteiger charge is 2.20. The zero-order valence-electron chi connectivity index (χ0n) is 11.6. The lowest BCUT2D eigenvalue weighted by molar-refractivity contribution is 0.0929. The van der Waals surface area contributed by atoms with E-state index in [0.717, 1.165) is 6.54 Å². The van der Waals surface area contributed by atoms with Gasteiger partial charge in [0.1, 0.15) is 10.3 Å². The molecule has 0 saturated heterocycles. The van der Waals surface area contributed by atoms with Crippen LogP contribution in [0.15, 0.2) is 12.1 Å². The average Bonchev–Trinajstić information content (AvgIpc) is 2.22. The van der Waals surface area contributed by atoms with Crippen molar-refractivity contribution in [3.8, 4) is 0 Å². The number of amides is 1. The van der Waals surface area contributed by atoms with Crippen molar-refractivity contribution < 1.29 is 4.79 Å². The molecule has 1 aromatic heterocycles. The molecule has 19 heavy (non-hydrogen) atoms. The fourth-order valence-electron chi connectivity index (χ4n) is 1.93. The number of pyridine rings is 1. The lowest BCUT2D eigenvalue weighted by Gasteiger charge is -2.28. The number of aromatic nitrogens is 1. The maximum Gasteiger partial charge on any atom is 0.251 e. The van der Waals surface area contributed by atoms with Gasteiger partial charge in [-0.2, -0.15) is 0 Å². The van der Waals surface area contributed by atoms with Gasteiger partial charge in [0.15, 0.2) is 0 Å². The Bertz CT molecular complexity index is 441. The molecule has 0 saturated carbocycles. The van der Waals surface area contributed by atoms with E-state index < -0.39 is 0 Å². The van der Waals surface area contributed by atoms with Gasteiger partial charge in [-0.15, -0.1) is 0 Å². The summed E-state index contributed by atoms with van der Waals surface area (Å²) in [4.78, 5) is 17.9. The van der Waals surface area contributed by atoms with Crippen LogP contribution in [0.1, 0.15) is 24.2 Å². The summed E-state index contributed by atoms with van der Waals surface area (Å²) in [6.07, 6.45) is 0. The number of nitrogens with zero attached hydrogens (tertiary/aromatic N) is 2. The molecule has 0 aliphatic carbocycles. The first-order valence-corrected chi connectivity index (χ1v) is 6.71. The molecule has 0 bridgehead atoms. The summed E-state index contributed by atoms with van der Waals surface area (Å²) in [6, 6.07) is 3.00. The molecule has 0 spiro atoms. The molecule has 4 nitrogen and oxygen atoms in total. The third-order valence-electron chi connectivity index (χ3n) is 2.50. The van der Waals surface area contributed by atoms with Crippen molar-refractivity contribution in [3.63, 3.8) is 0 Å². The van der Waals surface area contributed by atoms with Gasteiger partial charge in [-0.25, -0.2) is 4.98 Å². The number of halogens is 2. The standard InChI is InChI=1S/C13H19Cl2N3O/c1-13(2,8-18(3)4)7-16-12(19)9-5-10(14)17-11(15)6-9/h5-6H,7-8H2,1-4H3,(H,16,19). The SMILES string of the molecule is CN(C)CC(C)(C)CNC(=O)c1cc(Cl)nc(Cl)c1. The third kappa shape index (κ3) is 5.76. The molecule has 6 heteroatoms. The van der Waals surface area contributed by atoms with E-state index in [1.807, 2.05) is 14.1 Å². The van der Waals surface area contributed by atoms with Gasteiger partial charge in [-0.1, -0.05) is 37.0 Å². The minimum Gasteiger partial charge on any atom is -0.351 e. The Morgan fingerprint density at radius 1 is 1.32 bits per heavy atom. The number of hydrogen-bond acceptors (Lipinski definition) is 3. The molecule has 1 heterocycles. The first-order valence-electron chi connectivity index (χ1n) is 5.96. The van der Waals surface area contributed by atoms with E-state index in [1.165, 1.54) is 12.1 Å². The van der Waals surface area contributed by atoms with E-state index in [0.29, 0.717) is 12.1 Å². The molecular formula is C13H19Cl2N3O. The predicted molar refractivity (Wildman–Crippen MR) is 78.9 cm³/mol. The highest BCUT2D eigenvalue weighted by Crippen LogP contribution is 2.17. The van der Waals surface area contributed by atoms with Crippen LogP contribution < -0.4 is 5.32 Å². The Hall–Kier alpha value is -0.840. The molecule has 106 valence electrons. The van der Waals surface area contributed by atoms with E-state index in [-0.39, 0.29) is 21.6 Å². The topological polar surface area (TPSA) is 45.2 Å². The van der Waals surface area contributed by atoms with Gasteiger partial charge in [-0.3, -0.25) is 4.79 Å². The molecule has 0 aliphatic heterocycles. The smallest absolute Gasteiger partial charge is 0.251 e. The predicted octanol–water partition coefficient (Wildman–Crippen LogP) is 2.71. The molecule has 0 aliphatic rings. The fourth-order valence-corrected chi connectivity index (χ4v) is 2.39. The third-order valence-corrected chi connectivity index (χ3v) is 2.88. The van der Waals surface area contributed by atoms with E-state index in [1.54, 1.807) is 0 Å². The van der Waals surface area contributed by atoms with Crippen LogP contribution in [0.25, 0.3) is 0 Å². The van der Waals surface area contributed by atoms with Gasteiger partial charge in [0.05, 0.1) is 0 Å². The van der Waals surface area contributed by atoms with Gasteiger partial charge in [-0.05, 0) is 31.6 Å². The van der Waals surface area contributed by atoms with Crippen LogP contribution in [0, 0.1) is 5.41 Å². The Balaban J connectivity index is 2.65. The molecule has 0 atom stereocenters. The summed E-state index contributed by atoms with van der Waals surface area (Å²) in [7, 11) is 4.01. The Kier molecular flexibility index (Phi) is 5.59. The van der Waals surface area contributed by atoms with Crippen molar-refractivity contribution in [2.24, 2.45) is 5.41 Å². The van der Waals surface area contributed by atoms with E-state index in [2.05, 4.69) is 29.0 Å². The number of carbonyl (C=O) groups is 1. The highest BCUT2D eigenvalue weighted by molar-refractivity contribution is 6.33. The van der Waals surface area contributed by atoms with Gasteiger partial charge < -0.3 is 10.2 Å². The lowest BCUT2D eigenvalue weighted by Crippen LogP contribution is -2.40. The molecule has 1 rings (SSSR count). The average molecular weight is 304 g/mol. The second-order valence-electron chi connectivity index (χ2n) is 5.59. The Morgan fingerprint density at radius 3 is 2.32 bits per heavy atom. The van der Waals surface area contributed by atoms with Crippen LogP contribution in [0.4, 0.5) is 0 Å². The molecule has 0 unspecified atom stereocenters. The molecule has 1 N–H and O–H groups in total. The maximum atomic E-state index is 12.0. The van der Waals surface area contributed by atoms with Crippen molar-refractivity contribution in [3.05, 3.63) is 28.0 Å². The summed E-state index contributed by atoms with van der Waals surface area (Å²) >= 11 is 11.5. The van der Waals surface area contributed by atoms with Crippen LogP contribution in [-0.4, -0.2) is 43.0 Å². The normalized spacial score (nSPS) is 11.7. The fraction of sp³-hybridized carbons (Fsp3) is 0.538. The van der Waals surface area contributed by atoms with E-state index in [9.17, 15) is 4.79 Å². The molecule has 1 amide bonds. The van der Waals surface area contributed by atoms with Crippen LogP contribution in [0.2, 0.25) is 10.3 Å². The number of carbonyl (C=O) groups excluding carboxylic acids is 1. The monoisotopic (exact) mass is 303 g/mol. The molecular weight excluding hydrogens is 285 g/mol. The zero-order valence-corrected chi connectivity index (χ0v) is 13.1. The summed E-state index contributed by atoms with van der Waals surface area (Å²) in [5.74, 6) is -0.196. The van der Waals surface area contributed by atoms with Gasteiger partial charge >= 0.3 is 0 Å². The number of rotatable bonds is 5. The van der Waals surface area contributed by atoms with Crippen LogP contribution >= 0.6 is 23.2 Å². The summed E-state index contributed by atoms with van der Waals surface area (Å²) in [5.41, 5.74) is 0.408. The first-order chi connectivity index (χ1) is 8.69.